The van der Waals surface area contributed by atoms with Crippen molar-refractivity contribution in [2.75, 3.05) is 37.5 Å². The van der Waals surface area contributed by atoms with E-state index in [1.807, 2.05) is 57.1 Å². The van der Waals surface area contributed by atoms with Gasteiger partial charge in [0.2, 0.25) is 0 Å². The topological polar surface area (TPSA) is 67.9 Å². The molecule has 0 atom stereocenters. The normalized spacial score (nSPS) is 10.2. The van der Waals surface area contributed by atoms with Gasteiger partial charge in [0.05, 0.1) is 0 Å². The van der Waals surface area contributed by atoms with Gasteiger partial charge in [-0.3, -0.25) is 4.79 Å². The molecular weight excluding hydrogens is 332 g/mol. The summed E-state index contributed by atoms with van der Waals surface area (Å²) in [6.07, 6.45) is 0. The van der Waals surface area contributed by atoms with Crippen LogP contribution in [0.2, 0.25) is 0 Å². The smallest absolute Gasteiger partial charge is 0.344 e. The highest BCUT2D eigenvalue weighted by molar-refractivity contribution is 5.93. The second-order valence-electron chi connectivity index (χ2n) is 6.18. The number of hydrogen-bond acceptors (Lipinski definition) is 5. The van der Waals surface area contributed by atoms with Crippen molar-refractivity contribution in [1.82, 2.24) is 0 Å². The minimum absolute atomic E-state index is 0.243. The van der Waals surface area contributed by atoms with Crippen molar-refractivity contribution in [3.8, 4) is 5.75 Å². The Balaban J connectivity index is 1.74. The van der Waals surface area contributed by atoms with Crippen LogP contribution in [0.4, 0.5) is 11.4 Å². The number of ether oxygens (including phenoxy) is 2. The molecule has 0 aliphatic rings. The first-order chi connectivity index (χ1) is 12.3. The van der Waals surface area contributed by atoms with Gasteiger partial charge in [0.15, 0.2) is 13.2 Å². The van der Waals surface area contributed by atoms with E-state index in [4.69, 9.17) is 9.47 Å². The number of carbonyl (C=O) groups is 2. The zero-order chi connectivity index (χ0) is 19.1. The number of rotatable bonds is 7. The molecule has 1 N–H and O–H groups in total. The third-order valence-electron chi connectivity index (χ3n) is 3.87. The molecule has 1 amide bonds. The summed E-state index contributed by atoms with van der Waals surface area (Å²) in [5.41, 5.74) is 3.90. The number of anilines is 2. The van der Waals surface area contributed by atoms with Crippen molar-refractivity contribution in [2.45, 2.75) is 13.8 Å². The number of carbonyl (C=O) groups excluding carboxylic acids is 2. The summed E-state index contributed by atoms with van der Waals surface area (Å²) < 4.78 is 10.3. The van der Waals surface area contributed by atoms with Gasteiger partial charge >= 0.3 is 5.97 Å². The fourth-order valence-electron chi connectivity index (χ4n) is 2.17. The fourth-order valence-corrected chi connectivity index (χ4v) is 2.17. The standard InChI is InChI=1S/C20H24N2O4/c1-14-5-10-18(11-15(14)2)25-13-20(24)26-12-19(23)21-16-6-8-17(9-7-16)22(3)4/h5-11H,12-13H2,1-4H3,(H,21,23). The Bertz CT molecular complexity index is 770. The number of benzene rings is 2. The van der Waals surface area contributed by atoms with Crippen LogP contribution in [-0.4, -0.2) is 39.2 Å². The first kappa shape index (κ1) is 19.3. The average Bonchev–Trinajstić information content (AvgIpc) is 2.61. The number of hydrogen-bond donors (Lipinski definition) is 1. The van der Waals surface area contributed by atoms with E-state index in [0.29, 0.717) is 11.4 Å². The van der Waals surface area contributed by atoms with E-state index < -0.39 is 11.9 Å². The van der Waals surface area contributed by atoms with Crippen LogP contribution in [0.3, 0.4) is 0 Å². The second-order valence-corrected chi connectivity index (χ2v) is 6.18. The number of nitrogens with zero attached hydrogens (tertiary/aromatic N) is 1. The quantitative estimate of drug-likeness (QED) is 0.773. The average molecular weight is 356 g/mol. The number of esters is 1. The summed E-state index contributed by atoms with van der Waals surface area (Å²) in [5.74, 6) is -0.404. The molecule has 6 nitrogen and oxygen atoms in total. The van der Waals surface area contributed by atoms with Gasteiger partial charge < -0.3 is 19.7 Å². The molecule has 0 saturated heterocycles. The molecule has 2 aromatic carbocycles. The van der Waals surface area contributed by atoms with Crippen molar-refractivity contribution in [3.63, 3.8) is 0 Å². The molecule has 0 bridgehead atoms. The van der Waals surface area contributed by atoms with E-state index in [2.05, 4.69) is 5.32 Å². The summed E-state index contributed by atoms with van der Waals surface area (Å²) in [4.78, 5) is 25.5. The lowest BCUT2D eigenvalue weighted by Gasteiger charge is -2.13. The van der Waals surface area contributed by atoms with Crippen LogP contribution in [0.15, 0.2) is 42.5 Å². The molecule has 0 spiro atoms. The number of nitrogens with one attached hydrogen (secondary N) is 1. The molecule has 6 heteroatoms. The summed E-state index contributed by atoms with van der Waals surface area (Å²) in [7, 11) is 3.88. The van der Waals surface area contributed by atoms with Crippen molar-refractivity contribution >= 4 is 23.3 Å². The fraction of sp³-hybridized carbons (Fsp3) is 0.300. The molecule has 2 rings (SSSR count). The van der Waals surface area contributed by atoms with Gasteiger partial charge in [0.1, 0.15) is 5.75 Å². The van der Waals surface area contributed by atoms with Crippen molar-refractivity contribution in [1.29, 1.82) is 0 Å². The highest BCUT2D eigenvalue weighted by Gasteiger charge is 2.09. The maximum atomic E-state index is 11.9. The van der Waals surface area contributed by atoms with Crippen LogP contribution in [0.1, 0.15) is 11.1 Å². The summed E-state index contributed by atoms with van der Waals surface area (Å²) in [6, 6.07) is 12.9. The first-order valence-corrected chi connectivity index (χ1v) is 8.28. The third kappa shape index (κ3) is 5.81. The lowest BCUT2D eigenvalue weighted by Crippen LogP contribution is -2.23. The second kappa shape index (κ2) is 8.89. The van der Waals surface area contributed by atoms with Crippen LogP contribution in [-0.2, 0) is 14.3 Å². The van der Waals surface area contributed by atoms with E-state index in [0.717, 1.165) is 16.8 Å². The van der Waals surface area contributed by atoms with E-state index in [-0.39, 0.29) is 13.2 Å². The van der Waals surface area contributed by atoms with Crippen LogP contribution in [0.25, 0.3) is 0 Å². The maximum Gasteiger partial charge on any atom is 0.344 e. The van der Waals surface area contributed by atoms with E-state index in [9.17, 15) is 9.59 Å². The molecule has 0 saturated carbocycles. The Kier molecular flexibility index (Phi) is 6.60. The van der Waals surface area contributed by atoms with Gasteiger partial charge in [-0.05, 0) is 61.4 Å². The Hall–Kier alpha value is -3.02. The van der Waals surface area contributed by atoms with Gasteiger partial charge in [0, 0.05) is 25.5 Å². The van der Waals surface area contributed by atoms with Crippen molar-refractivity contribution in [2.24, 2.45) is 0 Å². The highest BCUT2D eigenvalue weighted by Crippen LogP contribution is 2.17. The van der Waals surface area contributed by atoms with Crippen LogP contribution in [0.5, 0.6) is 5.75 Å². The maximum absolute atomic E-state index is 11.9. The molecule has 0 aliphatic carbocycles. The Labute approximate surface area is 153 Å². The minimum Gasteiger partial charge on any atom is -0.482 e. The summed E-state index contributed by atoms with van der Waals surface area (Å²) >= 11 is 0. The van der Waals surface area contributed by atoms with Gasteiger partial charge in [-0.2, -0.15) is 0 Å². The molecule has 2 aromatic rings. The van der Waals surface area contributed by atoms with Gasteiger partial charge in [-0.1, -0.05) is 6.07 Å². The lowest BCUT2D eigenvalue weighted by molar-refractivity contribution is -0.149. The van der Waals surface area contributed by atoms with E-state index in [1.165, 1.54) is 0 Å². The van der Waals surface area contributed by atoms with Crippen LogP contribution >= 0.6 is 0 Å². The molecule has 0 aromatic heterocycles. The highest BCUT2D eigenvalue weighted by atomic mass is 16.6. The summed E-state index contributed by atoms with van der Waals surface area (Å²) in [6.45, 7) is 3.37. The molecule has 0 heterocycles. The van der Waals surface area contributed by atoms with Crippen molar-refractivity contribution < 1.29 is 19.1 Å². The largest absolute Gasteiger partial charge is 0.482 e. The monoisotopic (exact) mass is 356 g/mol. The predicted octanol–water partition coefficient (Wildman–Crippen LogP) is 2.93. The Morgan fingerprint density at radius 2 is 1.65 bits per heavy atom. The first-order valence-electron chi connectivity index (χ1n) is 8.28. The van der Waals surface area contributed by atoms with Crippen LogP contribution in [0, 0.1) is 13.8 Å². The molecule has 0 radical (unpaired) electrons. The Morgan fingerprint density at radius 3 is 2.27 bits per heavy atom. The predicted molar refractivity (Wildman–Crippen MR) is 102 cm³/mol. The SMILES string of the molecule is Cc1ccc(OCC(=O)OCC(=O)Nc2ccc(N(C)C)cc2)cc1C. The number of amides is 1. The Morgan fingerprint density at radius 1 is 0.962 bits per heavy atom. The third-order valence-corrected chi connectivity index (χ3v) is 3.87. The van der Waals surface area contributed by atoms with Crippen molar-refractivity contribution in [3.05, 3.63) is 53.6 Å². The van der Waals surface area contributed by atoms with Gasteiger partial charge in [-0.15, -0.1) is 0 Å². The zero-order valence-corrected chi connectivity index (χ0v) is 15.5. The zero-order valence-electron chi connectivity index (χ0n) is 15.5. The lowest BCUT2D eigenvalue weighted by atomic mass is 10.1. The number of aryl methyl sites for hydroxylation is 2. The molecule has 0 fully saturated rings. The van der Waals surface area contributed by atoms with Gasteiger partial charge in [0.25, 0.3) is 5.91 Å². The minimum atomic E-state index is -0.596. The molecule has 0 aliphatic heterocycles. The molecule has 26 heavy (non-hydrogen) atoms. The van der Waals surface area contributed by atoms with Gasteiger partial charge in [-0.25, -0.2) is 4.79 Å². The van der Waals surface area contributed by atoms with E-state index in [1.54, 1.807) is 18.2 Å². The molecule has 0 unspecified atom stereocenters. The molecular formula is C20H24N2O4. The van der Waals surface area contributed by atoms with E-state index >= 15 is 0 Å². The summed E-state index contributed by atoms with van der Waals surface area (Å²) in [5, 5.41) is 2.68. The van der Waals surface area contributed by atoms with Crippen LogP contribution < -0.4 is 15.0 Å². The molecule has 138 valence electrons.